The van der Waals surface area contributed by atoms with Crippen LogP contribution in [0.4, 0.5) is 0 Å². The number of hydrogen-bond acceptors (Lipinski definition) is 5. The van der Waals surface area contributed by atoms with Crippen LogP contribution < -0.4 is 5.32 Å². The molecule has 0 rings (SSSR count). The summed E-state index contributed by atoms with van der Waals surface area (Å²) in [4.78, 5) is 21.2. The van der Waals surface area contributed by atoms with E-state index in [2.05, 4.69) is 32.6 Å². The van der Waals surface area contributed by atoms with E-state index in [0.717, 1.165) is 4.43 Å². The molecule has 0 aliphatic rings. The molecule has 7 nitrogen and oxygen atoms in total. The zero-order valence-electron chi connectivity index (χ0n) is 10.0. The number of hydrogen-bond donors (Lipinski definition) is 2. The van der Waals surface area contributed by atoms with Gasteiger partial charge in [0, 0.05) is 11.0 Å². The molecule has 0 atom stereocenters. The number of carboxylic acid groups (broad SMARTS) is 1. The van der Waals surface area contributed by atoms with Crippen molar-refractivity contribution >= 4 is 34.5 Å². The summed E-state index contributed by atoms with van der Waals surface area (Å²) >= 11 is 2.22. The molecule has 0 bridgehead atoms. The fourth-order valence-corrected chi connectivity index (χ4v) is 1.23. The number of amides is 1. The number of aliphatic carboxylic acids is 1. The lowest BCUT2D eigenvalue weighted by molar-refractivity contribution is -0.143. The van der Waals surface area contributed by atoms with Crippen molar-refractivity contribution in [3.8, 4) is 0 Å². The van der Waals surface area contributed by atoms with Crippen LogP contribution >= 0.6 is 22.6 Å². The number of rotatable bonds is 12. The Labute approximate surface area is 119 Å². The van der Waals surface area contributed by atoms with Gasteiger partial charge in [-0.2, -0.15) is 0 Å². The van der Waals surface area contributed by atoms with Crippen LogP contribution in [-0.4, -0.2) is 67.6 Å². The molecule has 0 radical (unpaired) electrons. The Hall–Kier alpha value is -0.450. The molecule has 8 heteroatoms. The van der Waals surface area contributed by atoms with E-state index in [1.807, 2.05) is 0 Å². The third-order valence-corrected chi connectivity index (χ3v) is 2.06. The molecule has 0 aliphatic carbocycles. The predicted molar refractivity (Wildman–Crippen MR) is 72.0 cm³/mol. The largest absolute Gasteiger partial charge is 0.480 e. The van der Waals surface area contributed by atoms with Crippen LogP contribution in [0.5, 0.6) is 0 Å². The van der Waals surface area contributed by atoms with Crippen LogP contribution in [0.15, 0.2) is 0 Å². The van der Waals surface area contributed by atoms with Crippen molar-refractivity contribution in [3.63, 3.8) is 0 Å². The first-order valence-electron chi connectivity index (χ1n) is 5.44. The summed E-state index contributed by atoms with van der Waals surface area (Å²) in [6, 6.07) is 0. The van der Waals surface area contributed by atoms with Gasteiger partial charge in [-0.3, -0.25) is 4.79 Å². The minimum atomic E-state index is -1.10. The zero-order chi connectivity index (χ0) is 13.6. The van der Waals surface area contributed by atoms with Crippen LogP contribution in [0.2, 0.25) is 0 Å². The van der Waals surface area contributed by atoms with E-state index in [-0.39, 0.29) is 12.5 Å². The summed E-state index contributed by atoms with van der Waals surface area (Å²) in [7, 11) is 0. The molecule has 106 valence electrons. The van der Waals surface area contributed by atoms with Crippen molar-refractivity contribution in [2.45, 2.75) is 0 Å². The Morgan fingerprint density at radius 2 is 1.67 bits per heavy atom. The number of ether oxygens (including phenoxy) is 3. The first-order chi connectivity index (χ1) is 8.66. The maximum absolute atomic E-state index is 11.1. The lowest BCUT2D eigenvalue weighted by Gasteiger charge is -2.06. The zero-order valence-corrected chi connectivity index (χ0v) is 12.2. The second-order valence-electron chi connectivity index (χ2n) is 3.15. The summed E-state index contributed by atoms with van der Waals surface area (Å²) < 4.78 is 15.9. The van der Waals surface area contributed by atoms with E-state index in [4.69, 9.17) is 14.6 Å². The smallest absolute Gasteiger partial charge is 0.329 e. The highest BCUT2D eigenvalue weighted by Crippen LogP contribution is 1.83. The van der Waals surface area contributed by atoms with Gasteiger partial charge in [-0.15, -0.1) is 0 Å². The van der Waals surface area contributed by atoms with Crippen molar-refractivity contribution in [3.05, 3.63) is 0 Å². The molecule has 0 unspecified atom stereocenters. The second-order valence-corrected chi connectivity index (χ2v) is 4.23. The molecule has 0 fully saturated rings. The molecule has 0 aromatic heterocycles. The second kappa shape index (κ2) is 13.0. The monoisotopic (exact) mass is 375 g/mol. The summed E-state index contributed by atoms with van der Waals surface area (Å²) in [5.41, 5.74) is 0. The van der Waals surface area contributed by atoms with E-state index in [1.54, 1.807) is 0 Å². The summed E-state index contributed by atoms with van der Waals surface area (Å²) in [5.74, 6) is -1.46. The highest BCUT2D eigenvalue weighted by Gasteiger charge is 2.02. The Balaban J connectivity index is 3.17. The summed E-state index contributed by atoms with van der Waals surface area (Å²) in [5, 5.41) is 10.8. The summed E-state index contributed by atoms with van der Waals surface area (Å²) in [6.07, 6.45) is 0. The molecule has 0 aromatic rings. The van der Waals surface area contributed by atoms with Crippen LogP contribution in [0.25, 0.3) is 0 Å². The Bertz CT molecular complexity index is 238. The first kappa shape index (κ1) is 17.6. The quantitative estimate of drug-likeness (QED) is 0.276. The minimum Gasteiger partial charge on any atom is -0.480 e. The van der Waals surface area contributed by atoms with Gasteiger partial charge in [0.2, 0.25) is 5.91 Å². The fraction of sp³-hybridized carbons (Fsp3) is 0.800. The van der Waals surface area contributed by atoms with Crippen molar-refractivity contribution in [1.29, 1.82) is 0 Å². The molecule has 0 aromatic carbocycles. The Morgan fingerprint density at radius 3 is 2.28 bits per heavy atom. The highest BCUT2D eigenvalue weighted by molar-refractivity contribution is 14.1. The van der Waals surface area contributed by atoms with Gasteiger partial charge >= 0.3 is 5.97 Å². The topological polar surface area (TPSA) is 94.1 Å². The lowest BCUT2D eigenvalue weighted by Crippen LogP contribution is -2.31. The molecule has 2 N–H and O–H groups in total. The van der Waals surface area contributed by atoms with Crippen LogP contribution in [0, 0.1) is 0 Å². The maximum atomic E-state index is 11.1. The van der Waals surface area contributed by atoms with Crippen molar-refractivity contribution in [2.24, 2.45) is 0 Å². The molecule has 1 amide bonds. The number of nitrogens with one attached hydrogen (secondary N) is 1. The van der Waals surface area contributed by atoms with Crippen LogP contribution in [-0.2, 0) is 23.8 Å². The predicted octanol–water partition coefficient (Wildman–Crippen LogP) is -0.328. The number of halogens is 1. The Kier molecular flexibility index (Phi) is 12.7. The van der Waals surface area contributed by atoms with Crippen LogP contribution in [0.3, 0.4) is 0 Å². The number of carbonyl (C=O) groups excluding carboxylic acids is 1. The molecule has 0 aliphatic heterocycles. The lowest BCUT2D eigenvalue weighted by atomic mass is 10.6. The molecule has 0 heterocycles. The third kappa shape index (κ3) is 13.6. The van der Waals surface area contributed by atoms with Crippen molar-refractivity contribution < 1.29 is 28.9 Å². The van der Waals surface area contributed by atoms with Gasteiger partial charge in [0.15, 0.2) is 0 Å². The normalized spacial score (nSPS) is 10.3. The van der Waals surface area contributed by atoms with Gasteiger partial charge in [0.05, 0.1) is 26.4 Å². The van der Waals surface area contributed by atoms with E-state index >= 15 is 0 Å². The van der Waals surface area contributed by atoms with E-state index in [1.165, 1.54) is 0 Å². The third-order valence-electron chi connectivity index (χ3n) is 1.62. The van der Waals surface area contributed by atoms with E-state index < -0.39 is 12.6 Å². The molecule has 18 heavy (non-hydrogen) atoms. The maximum Gasteiger partial charge on any atom is 0.329 e. The fourth-order valence-electron chi connectivity index (χ4n) is 0.921. The number of alkyl halides is 1. The average Bonchev–Trinajstić information content (AvgIpc) is 2.32. The molecular formula is C10H18INO6. The Morgan fingerprint density at radius 1 is 1.00 bits per heavy atom. The van der Waals surface area contributed by atoms with Gasteiger partial charge < -0.3 is 24.6 Å². The highest BCUT2D eigenvalue weighted by atomic mass is 127. The van der Waals surface area contributed by atoms with Gasteiger partial charge in [-0.25, -0.2) is 4.79 Å². The molecular weight excluding hydrogens is 357 g/mol. The van der Waals surface area contributed by atoms with E-state index in [0.29, 0.717) is 33.0 Å². The van der Waals surface area contributed by atoms with E-state index in [9.17, 15) is 9.59 Å². The SMILES string of the molecule is O=C(O)COCC(=O)NCCOCCOCCI. The number of carboxylic acids is 1. The minimum absolute atomic E-state index is 0.259. The summed E-state index contributed by atoms with van der Waals surface area (Å²) in [6.45, 7) is 1.76. The van der Waals surface area contributed by atoms with Gasteiger partial charge in [-0.1, -0.05) is 22.6 Å². The van der Waals surface area contributed by atoms with Crippen LogP contribution in [0.1, 0.15) is 0 Å². The standard InChI is InChI=1S/C10H18INO6/c11-1-3-16-5-6-17-4-2-12-9(13)7-18-8-10(14)15/h1-8H2,(H,12,13)(H,14,15). The molecule has 0 spiro atoms. The number of carbonyl (C=O) groups is 2. The van der Waals surface area contributed by atoms with Gasteiger partial charge in [0.1, 0.15) is 13.2 Å². The molecule has 0 saturated carbocycles. The first-order valence-corrected chi connectivity index (χ1v) is 6.97. The van der Waals surface area contributed by atoms with Gasteiger partial charge in [0.25, 0.3) is 0 Å². The average molecular weight is 375 g/mol. The molecule has 0 saturated heterocycles. The van der Waals surface area contributed by atoms with Gasteiger partial charge in [-0.05, 0) is 0 Å². The van der Waals surface area contributed by atoms with Crippen molar-refractivity contribution in [2.75, 3.05) is 50.6 Å². The van der Waals surface area contributed by atoms with Crippen molar-refractivity contribution in [1.82, 2.24) is 5.32 Å².